The maximum absolute atomic E-state index is 5.79. The first-order valence-corrected chi connectivity index (χ1v) is 6.80. The van der Waals surface area contributed by atoms with Gasteiger partial charge in [0.1, 0.15) is 0 Å². The third-order valence-corrected chi connectivity index (χ3v) is 3.32. The number of nitrogens with one attached hydrogen (secondary N) is 1. The number of rotatable bonds is 5. The fraction of sp³-hybridized carbons (Fsp3) is 0.923. The molecule has 0 bridgehead atoms. The van der Waals surface area contributed by atoms with Gasteiger partial charge in [-0.1, -0.05) is 13.8 Å². The zero-order chi connectivity index (χ0) is 12.7. The molecule has 0 aliphatic carbocycles. The van der Waals surface area contributed by atoms with Crippen LogP contribution in [0.3, 0.4) is 0 Å². The van der Waals surface area contributed by atoms with E-state index in [1.54, 1.807) is 0 Å². The first-order chi connectivity index (χ1) is 8.08. The molecule has 0 amide bonds. The molecule has 0 saturated carbocycles. The van der Waals surface area contributed by atoms with Crippen molar-refractivity contribution >= 4 is 5.96 Å². The molecule has 4 heteroatoms. The van der Waals surface area contributed by atoms with Crippen molar-refractivity contribution in [3.05, 3.63) is 0 Å². The molecule has 0 aromatic rings. The molecule has 3 N–H and O–H groups in total. The van der Waals surface area contributed by atoms with Crippen molar-refractivity contribution in [1.29, 1.82) is 0 Å². The van der Waals surface area contributed by atoms with E-state index in [0.29, 0.717) is 11.9 Å². The molecule has 1 heterocycles. The van der Waals surface area contributed by atoms with Crippen molar-refractivity contribution in [3.63, 3.8) is 0 Å². The van der Waals surface area contributed by atoms with Crippen molar-refractivity contribution in [1.82, 2.24) is 10.2 Å². The lowest BCUT2D eigenvalue weighted by molar-refractivity contribution is 0.213. The molecular weight excluding hydrogens is 212 g/mol. The van der Waals surface area contributed by atoms with E-state index in [4.69, 9.17) is 5.73 Å². The molecule has 17 heavy (non-hydrogen) atoms. The lowest BCUT2D eigenvalue weighted by Crippen LogP contribution is -2.35. The number of hydrogen-bond acceptors (Lipinski definition) is 2. The van der Waals surface area contributed by atoms with Crippen molar-refractivity contribution in [2.75, 3.05) is 33.2 Å². The van der Waals surface area contributed by atoms with Gasteiger partial charge in [-0.15, -0.1) is 0 Å². The molecule has 0 aromatic carbocycles. The van der Waals surface area contributed by atoms with Gasteiger partial charge in [0.25, 0.3) is 0 Å². The molecular formula is C13H28N4. The maximum atomic E-state index is 5.79. The Morgan fingerprint density at radius 3 is 2.65 bits per heavy atom. The number of likely N-dealkylation sites (tertiary alicyclic amines) is 1. The second-order valence-electron chi connectivity index (χ2n) is 5.58. The van der Waals surface area contributed by atoms with Crippen LogP contribution in [0.25, 0.3) is 0 Å². The summed E-state index contributed by atoms with van der Waals surface area (Å²) in [6.45, 7) is 8.54. The van der Waals surface area contributed by atoms with E-state index in [0.717, 1.165) is 19.0 Å². The van der Waals surface area contributed by atoms with Crippen LogP contribution in [0.2, 0.25) is 0 Å². The Bertz CT molecular complexity index is 230. The summed E-state index contributed by atoms with van der Waals surface area (Å²) in [4.78, 5) is 6.70. The largest absolute Gasteiger partial charge is 0.370 e. The van der Waals surface area contributed by atoms with Crippen molar-refractivity contribution in [2.24, 2.45) is 22.6 Å². The average Bonchev–Trinajstić information content (AvgIpc) is 2.29. The summed E-state index contributed by atoms with van der Waals surface area (Å²) in [7, 11) is 2.20. The molecule has 0 aromatic heterocycles. The summed E-state index contributed by atoms with van der Waals surface area (Å²) in [6.07, 6.45) is 3.86. The minimum Gasteiger partial charge on any atom is -0.370 e. The van der Waals surface area contributed by atoms with Crippen LogP contribution in [0.15, 0.2) is 4.99 Å². The van der Waals surface area contributed by atoms with Crippen molar-refractivity contribution in [2.45, 2.75) is 33.1 Å². The lowest BCUT2D eigenvalue weighted by Gasteiger charge is -2.28. The van der Waals surface area contributed by atoms with Gasteiger partial charge in [0.15, 0.2) is 5.96 Å². The van der Waals surface area contributed by atoms with Crippen LogP contribution in [0, 0.1) is 11.8 Å². The van der Waals surface area contributed by atoms with Crippen molar-refractivity contribution < 1.29 is 0 Å². The summed E-state index contributed by atoms with van der Waals surface area (Å²) in [5.41, 5.74) is 5.79. The first kappa shape index (κ1) is 14.3. The Hall–Kier alpha value is -0.770. The third-order valence-electron chi connectivity index (χ3n) is 3.32. The third kappa shape index (κ3) is 6.51. The van der Waals surface area contributed by atoms with Gasteiger partial charge in [0, 0.05) is 13.1 Å². The van der Waals surface area contributed by atoms with E-state index in [1.807, 2.05) is 0 Å². The summed E-state index contributed by atoms with van der Waals surface area (Å²) in [5, 5.41) is 3.21. The molecule has 0 unspecified atom stereocenters. The van der Waals surface area contributed by atoms with E-state index >= 15 is 0 Å². The van der Waals surface area contributed by atoms with Crippen LogP contribution in [0.5, 0.6) is 0 Å². The van der Waals surface area contributed by atoms with Gasteiger partial charge in [-0.3, -0.25) is 4.99 Å². The Morgan fingerprint density at radius 1 is 1.41 bits per heavy atom. The molecule has 1 aliphatic rings. The second-order valence-corrected chi connectivity index (χ2v) is 5.58. The molecule has 0 atom stereocenters. The fourth-order valence-electron chi connectivity index (χ4n) is 2.09. The lowest BCUT2D eigenvalue weighted by atomic mass is 9.94. The molecule has 100 valence electrons. The van der Waals surface area contributed by atoms with Crippen LogP contribution in [0.1, 0.15) is 33.1 Å². The van der Waals surface area contributed by atoms with E-state index in [9.17, 15) is 0 Å². The smallest absolute Gasteiger partial charge is 0.188 e. The van der Waals surface area contributed by atoms with Gasteiger partial charge >= 0.3 is 0 Å². The molecule has 0 spiro atoms. The summed E-state index contributed by atoms with van der Waals surface area (Å²) >= 11 is 0. The molecule has 1 aliphatic heterocycles. The highest BCUT2D eigenvalue weighted by molar-refractivity contribution is 5.77. The number of nitrogens with two attached hydrogens (primary N) is 1. The van der Waals surface area contributed by atoms with Crippen LogP contribution in [-0.4, -0.2) is 44.1 Å². The second kappa shape index (κ2) is 7.54. The predicted octanol–water partition coefficient (Wildman–Crippen LogP) is 1.28. The van der Waals surface area contributed by atoms with E-state index < -0.39 is 0 Å². The summed E-state index contributed by atoms with van der Waals surface area (Å²) < 4.78 is 0. The molecule has 1 fully saturated rings. The van der Waals surface area contributed by atoms with Crippen LogP contribution in [0.4, 0.5) is 0 Å². The number of guanidine groups is 1. The Balaban J connectivity index is 2.09. The number of nitrogens with zero attached hydrogens (tertiary/aromatic N) is 2. The monoisotopic (exact) mass is 240 g/mol. The fourth-order valence-corrected chi connectivity index (χ4v) is 2.09. The highest BCUT2D eigenvalue weighted by atomic mass is 15.1. The van der Waals surface area contributed by atoms with Gasteiger partial charge < -0.3 is 16.0 Å². The van der Waals surface area contributed by atoms with Crippen LogP contribution < -0.4 is 11.1 Å². The number of hydrogen-bond donors (Lipinski definition) is 2. The minimum atomic E-state index is 0.573. The highest BCUT2D eigenvalue weighted by Crippen LogP contribution is 2.18. The SMILES string of the molecule is CC(C)CN=C(N)NCCC1CCN(C)CC1. The Morgan fingerprint density at radius 2 is 2.06 bits per heavy atom. The first-order valence-electron chi connectivity index (χ1n) is 6.80. The van der Waals surface area contributed by atoms with Gasteiger partial charge in [0.05, 0.1) is 0 Å². The van der Waals surface area contributed by atoms with Gasteiger partial charge in [-0.05, 0) is 51.2 Å². The van der Waals surface area contributed by atoms with Crippen LogP contribution >= 0.6 is 0 Å². The van der Waals surface area contributed by atoms with Crippen LogP contribution in [-0.2, 0) is 0 Å². The van der Waals surface area contributed by atoms with E-state index in [-0.39, 0.29) is 0 Å². The summed E-state index contributed by atoms with van der Waals surface area (Å²) in [6, 6.07) is 0. The quantitative estimate of drug-likeness (QED) is 0.562. The normalized spacial score (nSPS) is 19.9. The van der Waals surface area contributed by atoms with Gasteiger partial charge in [-0.2, -0.15) is 0 Å². The Kier molecular flexibility index (Phi) is 6.34. The van der Waals surface area contributed by atoms with E-state index in [2.05, 4.69) is 36.1 Å². The number of piperidine rings is 1. The van der Waals surface area contributed by atoms with Crippen molar-refractivity contribution in [3.8, 4) is 0 Å². The summed E-state index contributed by atoms with van der Waals surface area (Å²) in [5.74, 6) is 2.03. The standard InChI is InChI=1S/C13H28N4/c1-11(2)10-16-13(14)15-7-4-12-5-8-17(3)9-6-12/h11-12H,4-10H2,1-3H3,(H3,14,15,16). The molecule has 0 radical (unpaired) electrons. The zero-order valence-corrected chi connectivity index (χ0v) is 11.6. The van der Waals surface area contributed by atoms with Gasteiger partial charge in [0.2, 0.25) is 0 Å². The van der Waals surface area contributed by atoms with Gasteiger partial charge in [-0.25, -0.2) is 0 Å². The Labute approximate surface area is 106 Å². The molecule has 4 nitrogen and oxygen atoms in total. The topological polar surface area (TPSA) is 53.6 Å². The predicted molar refractivity (Wildman–Crippen MR) is 74.2 cm³/mol. The zero-order valence-electron chi connectivity index (χ0n) is 11.6. The average molecular weight is 240 g/mol. The maximum Gasteiger partial charge on any atom is 0.188 e. The number of aliphatic imine (C=N–C) groups is 1. The van der Waals surface area contributed by atoms with E-state index in [1.165, 1.54) is 32.4 Å². The molecule has 1 rings (SSSR count). The minimum absolute atomic E-state index is 0.573. The highest BCUT2D eigenvalue weighted by Gasteiger charge is 2.15. The molecule has 1 saturated heterocycles.